The van der Waals surface area contributed by atoms with Crippen molar-refractivity contribution in [1.82, 2.24) is 0 Å². The first-order valence-electron chi connectivity index (χ1n) is 6.03. The van der Waals surface area contributed by atoms with E-state index in [0.717, 1.165) is 12.8 Å². The van der Waals surface area contributed by atoms with Crippen LogP contribution in [0.25, 0.3) is 0 Å². The van der Waals surface area contributed by atoms with E-state index in [1.165, 1.54) is 25.9 Å². The molecule has 0 radical (unpaired) electrons. The lowest BCUT2D eigenvalue weighted by atomic mass is 10.1. The minimum absolute atomic E-state index is 0.220. The van der Waals surface area contributed by atoms with Gasteiger partial charge >= 0.3 is 7.60 Å². The summed E-state index contributed by atoms with van der Waals surface area (Å²) < 4.78 is 21.1. The average Bonchev–Trinajstić information content (AvgIpc) is 2.44. The predicted molar refractivity (Wildman–Crippen MR) is 75.4 cm³/mol. The van der Waals surface area contributed by atoms with Crippen LogP contribution < -0.4 is 0 Å². The van der Waals surface area contributed by atoms with E-state index < -0.39 is 7.60 Å². The van der Waals surface area contributed by atoms with Crippen molar-refractivity contribution in [1.29, 1.82) is 0 Å². The Hall–Kier alpha value is -1.22. The lowest BCUT2D eigenvalue weighted by Crippen LogP contribution is -2.04. The quantitative estimate of drug-likeness (QED) is 0.542. The number of carbonyl (C=O) groups is 1. The van der Waals surface area contributed by atoms with Gasteiger partial charge < -0.3 is 9.05 Å². The molecule has 4 nitrogen and oxygen atoms in total. The minimum atomic E-state index is -3.24. The van der Waals surface area contributed by atoms with Gasteiger partial charge in [0, 0.05) is 14.2 Å². The first-order chi connectivity index (χ1) is 9.09. The van der Waals surface area contributed by atoms with Crippen LogP contribution >= 0.6 is 7.60 Å². The summed E-state index contributed by atoms with van der Waals surface area (Å²) in [6.07, 6.45) is 4.64. The molecule has 1 aromatic rings. The zero-order chi connectivity index (χ0) is 14.1. The molecule has 0 amide bonds. The zero-order valence-corrected chi connectivity index (χ0v) is 12.1. The van der Waals surface area contributed by atoms with Gasteiger partial charge in [-0.15, -0.1) is 0 Å². The molecule has 1 rings (SSSR count). The van der Waals surface area contributed by atoms with Crippen molar-refractivity contribution in [3.8, 4) is 0 Å². The van der Waals surface area contributed by atoms with E-state index in [2.05, 4.69) is 0 Å². The molecule has 104 valence electrons. The number of hydrogen-bond acceptors (Lipinski definition) is 4. The maximum absolute atomic E-state index is 11.7. The SMILES string of the molecule is COP(=O)(CC(=O)/C=C/CCc1ccccc1)OC. The van der Waals surface area contributed by atoms with E-state index in [1.54, 1.807) is 6.08 Å². The summed E-state index contributed by atoms with van der Waals surface area (Å²) in [4.78, 5) is 11.6. The highest BCUT2D eigenvalue weighted by Crippen LogP contribution is 2.45. The van der Waals surface area contributed by atoms with Gasteiger partial charge in [0.1, 0.15) is 6.16 Å². The third-order valence-corrected chi connectivity index (χ3v) is 4.46. The van der Waals surface area contributed by atoms with Crippen molar-refractivity contribution >= 4 is 13.4 Å². The second-order valence-corrected chi connectivity index (χ2v) is 6.30. The Labute approximate surface area is 114 Å². The van der Waals surface area contributed by atoms with Crippen LogP contribution in [-0.2, 0) is 24.8 Å². The molecular formula is C14H19O4P. The van der Waals surface area contributed by atoms with Crippen LogP contribution in [0, 0.1) is 0 Å². The molecule has 0 saturated heterocycles. The van der Waals surface area contributed by atoms with Gasteiger partial charge in [-0.1, -0.05) is 36.4 Å². The van der Waals surface area contributed by atoms with Gasteiger partial charge in [-0.2, -0.15) is 0 Å². The topological polar surface area (TPSA) is 52.6 Å². The number of ketones is 1. The molecule has 0 aromatic heterocycles. The zero-order valence-electron chi connectivity index (χ0n) is 11.2. The molecule has 0 aliphatic rings. The average molecular weight is 282 g/mol. The second-order valence-electron chi connectivity index (χ2n) is 4.03. The molecule has 1 aromatic carbocycles. The third kappa shape index (κ3) is 5.97. The molecule has 0 unspecified atom stereocenters. The summed E-state index contributed by atoms with van der Waals surface area (Å²) in [7, 11) is -0.696. The fourth-order valence-corrected chi connectivity index (χ4v) is 2.45. The molecule has 5 heteroatoms. The van der Waals surface area contributed by atoms with Crippen molar-refractivity contribution in [2.45, 2.75) is 12.8 Å². The molecule has 0 atom stereocenters. The molecule has 0 heterocycles. The largest absolute Gasteiger partial charge is 0.337 e. The van der Waals surface area contributed by atoms with E-state index in [0.29, 0.717) is 0 Å². The van der Waals surface area contributed by atoms with Crippen molar-refractivity contribution in [2.24, 2.45) is 0 Å². The summed E-state index contributed by atoms with van der Waals surface area (Å²) in [5.74, 6) is -0.250. The van der Waals surface area contributed by atoms with Gasteiger partial charge in [0.05, 0.1) is 0 Å². The van der Waals surface area contributed by atoms with E-state index in [9.17, 15) is 9.36 Å². The molecule has 0 saturated carbocycles. The van der Waals surface area contributed by atoms with Crippen molar-refractivity contribution in [3.05, 3.63) is 48.0 Å². The molecule has 0 aliphatic heterocycles. The number of rotatable bonds is 8. The molecule has 0 N–H and O–H groups in total. The third-order valence-electron chi connectivity index (χ3n) is 2.65. The number of benzene rings is 1. The molecule has 0 aliphatic carbocycles. The fourth-order valence-electron chi connectivity index (χ4n) is 1.56. The van der Waals surface area contributed by atoms with Crippen LogP contribution in [0.4, 0.5) is 0 Å². The van der Waals surface area contributed by atoms with Gasteiger partial charge in [-0.05, 0) is 24.5 Å². The highest BCUT2D eigenvalue weighted by Gasteiger charge is 2.23. The second kappa shape index (κ2) is 8.05. The maximum Gasteiger partial charge on any atom is 0.337 e. The monoisotopic (exact) mass is 282 g/mol. The van der Waals surface area contributed by atoms with Gasteiger partial charge in [0.25, 0.3) is 0 Å². The standard InChI is InChI=1S/C14H19O4P/c1-17-19(16,18-2)12-14(15)11-7-6-10-13-8-4-3-5-9-13/h3-5,7-9,11H,6,10,12H2,1-2H3/b11-7+. The smallest absolute Gasteiger partial charge is 0.312 e. The van der Waals surface area contributed by atoms with Gasteiger partial charge in [0.2, 0.25) is 0 Å². The number of carbonyl (C=O) groups excluding carboxylic acids is 1. The van der Waals surface area contributed by atoms with Gasteiger partial charge in [-0.3, -0.25) is 9.36 Å². The van der Waals surface area contributed by atoms with Gasteiger partial charge in [-0.25, -0.2) is 0 Å². The molecule has 0 fully saturated rings. The van der Waals surface area contributed by atoms with E-state index in [4.69, 9.17) is 9.05 Å². The van der Waals surface area contributed by atoms with Crippen molar-refractivity contribution < 1.29 is 18.4 Å². The predicted octanol–water partition coefficient (Wildman–Crippen LogP) is 3.23. The number of aryl methyl sites for hydroxylation is 1. The highest BCUT2D eigenvalue weighted by atomic mass is 31.2. The Kier molecular flexibility index (Phi) is 6.71. The van der Waals surface area contributed by atoms with Crippen LogP contribution in [0.3, 0.4) is 0 Å². The van der Waals surface area contributed by atoms with E-state index >= 15 is 0 Å². The Bertz CT molecular complexity index is 460. The molecular weight excluding hydrogens is 263 g/mol. The van der Waals surface area contributed by atoms with Crippen LogP contribution in [-0.4, -0.2) is 26.2 Å². The normalized spacial score (nSPS) is 11.9. The lowest BCUT2D eigenvalue weighted by Gasteiger charge is -2.10. The number of allylic oxidation sites excluding steroid dienone is 2. The van der Waals surface area contributed by atoms with E-state index in [-0.39, 0.29) is 11.9 Å². The summed E-state index contributed by atoms with van der Waals surface area (Å²) >= 11 is 0. The van der Waals surface area contributed by atoms with Crippen LogP contribution in [0.5, 0.6) is 0 Å². The minimum Gasteiger partial charge on any atom is -0.312 e. The lowest BCUT2D eigenvalue weighted by molar-refractivity contribution is -0.112. The van der Waals surface area contributed by atoms with E-state index in [1.807, 2.05) is 30.3 Å². The maximum atomic E-state index is 11.7. The summed E-state index contributed by atoms with van der Waals surface area (Å²) in [5, 5.41) is 0. The van der Waals surface area contributed by atoms with Crippen molar-refractivity contribution in [3.63, 3.8) is 0 Å². The summed E-state index contributed by atoms with van der Waals surface area (Å²) in [6.45, 7) is 0. The summed E-state index contributed by atoms with van der Waals surface area (Å²) in [5.41, 5.74) is 1.22. The van der Waals surface area contributed by atoms with Gasteiger partial charge in [0.15, 0.2) is 5.78 Å². The first kappa shape index (κ1) is 15.8. The first-order valence-corrected chi connectivity index (χ1v) is 7.76. The molecule has 0 spiro atoms. The Morgan fingerprint density at radius 3 is 2.42 bits per heavy atom. The fraction of sp³-hybridized carbons (Fsp3) is 0.357. The Balaban J connectivity index is 2.37. The molecule has 19 heavy (non-hydrogen) atoms. The van der Waals surface area contributed by atoms with Crippen LogP contribution in [0.1, 0.15) is 12.0 Å². The molecule has 0 bridgehead atoms. The highest BCUT2D eigenvalue weighted by molar-refractivity contribution is 7.54. The van der Waals surface area contributed by atoms with Crippen molar-refractivity contribution in [2.75, 3.05) is 20.4 Å². The van der Waals surface area contributed by atoms with Crippen LogP contribution in [0.15, 0.2) is 42.5 Å². The van der Waals surface area contributed by atoms with Crippen LogP contribution in [0.2, 0.25) is 0 Å². The summed E-state index contributed by atoms with van der Waals surface area (Å²) in [6, 6.07) is 10.0. The Morgan fingerprint density at radius 1 is 1.21 bits per heavy atom. The number of hydrogen-bond donors (Lipinski definition) is 0. The Morgan fingerprint density at radius 2 is 1.84 bits per heavy atom.